The summed E-state index contributed by atoms with van der Waals surface area (Å²) in [5.41, 5.74) is 2.46. The van der Waals surface area contributed by atoms with Gasteiger partial charge in [-0.2, -0.15) is 5.26 Å². The topological polar surface area (TPSA) is 59.4 Å². The number of carbonyl (C=O) groups is 1. The first-order chi connectivity index (χ1) is 12.7. The first kappa shape index (κ1) is 18.1. The Hall–Kier alpha value is -2.71. The molecule has 5 nitrogen and oxygen atoms in total. The van der Waals surface area contributed by atoms with E-state index in [1.54, 1.807) is 6.07 Å². The maximum atomic E-state index is 12.4. The van der Waals surface area contributed by atoms with Gasteiger partial charge in [0, 0.05) is 49.9 Å². The summed E-state index contributed by atoms with van der Waals surface area (Å²) >= 11 is 6.05. The summed E-state index contributed by atoms with van der Waals surface area (Å²) in [6, 6.07) is 17.3. The second-order valence-corrected chi connectivity index (χ2v) is 6.62. The molecule has 6 heteroatoms. The van der Waals surface area contributed by atoms with Gasteiger partial charge >= 0.3 is 0 Å². The van der Waals surface area contributed by atoms with Crippen LogP contribution in [0.15, 0.2) is 48.5 Å². The molecule has 0 aromatic heterocycles. The van der Waals surface area contributed by atoms with E-state index in [0.717, 1.165) is 29.5 Å². The zero-order valence-corrected chi connectivity index (χ0v) is 15.2. The van der Waals surface area contributed by atoms with Crippen LogP contribution in [0.4, 0.5) is 11.4 Å². The Morgan fingerprint density at radius 1 is 1.12 bits per heavy atom. The lowest BCUT2D eigenvalue weighted by atomic mass is 10.2. The lowest BCUT2D eigenvalue weighted by Crippen LogP contribution is -2.49. The van der Waals surface area contributed by atoms with Crippen molar-refractivity contribution < 1.29 is 4.79 Å². The normalized spacial score (nSPS) is 14.0. The van der Waals surface area contributed by atoms with Gasteiger partial charge in [-0.3, -0.25) is 4.79 Å². The third kappa shape index (κ3) is 4.47. The molecule has 0 spiro atoms. The van der Waals surface area contributed by atoms with Crippen LogP contribution in [-0.4, -0.2) is 43.5 Å². The third-order valence-electron chi connectivity index (χ3n) is 4.51. The van der Waals surface area contributed by atoms with Gasteiger partial charge in [0.1, 0.15) is 6.07 Å². The van der Waals surface area contributed by atoms with E-state index < -0.39 is 0 Å². The van der Waals surface area contributed by atoms with E-state index in [1.807, 2.05) is 47.4 Å². The standard InChI is InChI=1S/C20H21ClN4O/c21-17-5-3-6-18(14-17)24-10-12-25(13-11-24)20(26)8-9-23-19-7-2-1-4-16(19)15-22/h1-7,14,23H,8-13H2. The molecule has 134 valence electrons. The van der Waals surface area contributed by atoms with Crippen molar-refractivity contribution in [3.63, 3.8) is 0 Å². The number of anilines is 2. The Bertz CT molecular complexity index is 809. The number of amides is 1. The van der Waals surface area contributed by atoms with E-state index in [-0.39, 0.29) is 5.91 Å². The van der Waals surface area contributed by atoms with Gasteiger partial charge in [-0.05, 0) is 30.3 Å². The Morgan fingerprint density at radius 2 is 1.88 bits per heavy atom. The van der Waals surface area contributed by atoms with Crippen molar-refractivity contribution in [2.75, 3.05) is 42.9 Å². The number of hydrogen-bond acceptors (Lipinski definition) is 4. The quantitative estimate of drug-likeness (QED) is 0.879. The summed E-state index contributed by atoms with van der Waals surface area (Å²) in [6.45, 7) is 3.54. The van der Waals surface area contributed by atoms with Crippen molar-refractivity contribution in [3.8, 4) is 6.07 Å². The molecule has 0 saturated carbocycles. The van der Waals surface area contributed by atoms with Crippen LogP contribution >= 0.6 is 11.6 Å². The first-order valence-electron chi connectivity index (χ1n) is 8.68. The van der Waals surface area contributed by atoms with E-state index in [0.29, 0.717) is 31.6 Å². The van der Waals surface area contributed by atoms with Crippen molar-refractivity contribution in [2.24, 2.45) is 0 Å². The average molecular weight is 369 g/mol. The average Bonchev–Trinajstić information content (AvgIpc) is 2.68. The molecule has 26 heavy (non-hydrogen) atoms. The van der Waals surface area contributed by atoms with Crippen molar-refractivity contribution in [3.05, 3.63) is 59.1 Å². The van der Waals surface area contributed by atoms with Gasteiger partial charge in [0.25, 0.3) is 0 Å². The van der Waals surface area contributed by atoms with E-state index in [9.17, 15) is 4.79 Å². The SMILES string of the molecule is N#Cc1ccccc1NCCC(=O)N1CCN(c2cccc(Cl)c2)CC1. The van der Waals surface area contributed by atoms with Crippen molar-refractivity contribution in [1.82, 2.24) is 4.90 Å². The van der Waals surface area contributed by atoms with Gasteiger partial charge in [-0.25, -0.2) is 0 Å². The molecular formula is C20H21ClN4O. The van der Waals surface area contributed by atoms with Crippen LogP contribution < -0.4 is 10.2 Å². The molecule has 2 aromatic rings. The Labute approximate surface area is 158 Å². The number of nitrogens with zero attached hydrogens (tertiary/aromatic N) is 3. The summed E-state index contributed by atoms with van der Waals surface area (Å²) in [5, 5.41) is 13.0. The zero-order chi connectivity index (χ0) is 18.4. The predicted molar refractivity (Wildman–Crippen MR) is 105 cm³/mol. The Balaban J connectivity index is 1.46. The largest absolute Gasteiger partial charge is 0.383 e. The monoisotopic (exact) mass is 368 g/mol. The lowest BCUT2D eigenvalue weighted by Gasteiger charge is -2.36. The minimum Gasteiger partial charge on any atom is -0.383 e. The molecule has 0 unspecified atom stereocenters. The summed E-state index contributed by atoms with van der Waals surface area (Å²) in [4.78, 5) is 16.6. The summed E-state index contributed by atoms with van der Waals surface area (Å²) in [7, 11) is 0. The highest BCUT2D eigenvalue weighted by atomic mass is 35.5. The van der Waals surface area contributed by atoms with Crippen LogP contribution in [0, 0.1) is 11.3 Å². The summed E-state index contributed by atoms with van der Waals surface area (Å²) in [5.74, 6) is 0.137. The second kappa shape index (κ2) is 8.59. The molecule has 2 aromatic carbocycles. The predicted octanol–water partition coefficient (Wildman–Crippen LogP) is 3.36. The van der Waals surface area contributed by atoms with Crippen LogP contribution in [0.3, 0.4) is 0 Å². The smallest absolute Gasteiger partial charge is 0.224 e. The van der Waals surface area contributed by atoms with Crippen LogP contribution in [0.2, 0.25) is 5.02 Å². The van der Waals surface area contributed by atoms with Gasteiger partial charge < -0.3 is 15.1 Å². The number of piperazine rings is 1. The number of carbonyl (C=O) groups excluding carboxylic acids is 1. The molecule has 1 fully saturated rings. The highest BCUT2D eigenvalue weighted by molar-refractivity contribution is 6.30. The Morgan fingerprint density at radius 3 is 2.62 bits per heavy atom. The van der Waals surface area contributed by atoms with Gasteiger partial charge in [0.2, 0.25) is 5.91 Å². The van der Waals surface area contributed by atoms with Gasteiger partial charge in [0.15, 0.2) is 0 Å². The number of halogens is 1. The summed E-state index contributed by atoms with van der Waals surface area (Å²) < 4.78 is 0. The van der Waals surface area contributed by atoms with E-state index in [4.69, 9.17) is 16.9 Å². The van der Waals surface area contributed by atoms with Crippen molar-refractivity contribution in [1.29, 1.82) is 5.26 Å². The fraction of sp³-hybridized carbons (Fsp3) is 0.300. The molecule has 0 atom stereocenters. The van der Waals surface area contributed by atoms with Crippen LogP contribution in [0.25, 0.3) is 0 Å². The Kier molecular flexibility index (Phi) is 5.98. The molecule has 0 bridgehead atoms. The number of nitriles is 1. The van der Waals surface area contributed by atoms with E-state index >= 15 is 0 Å². The van der Waals surface area contributed by atoms with E-state index in [2.05, 4.69) is 16.3 Å². The van der Waals surface area contributed by atoms with Crippen LogP contribution in [0.1, 0.15) is 12.0 Å². The van der Waals surface area contributed by atoms with Gasteiger partial charge in [0.05, 0.1) is 11.3 Å². The molecule has 1 N–H and O–H groups in total. The number of rotatable bonds is 5. The van der Waals surface area contributed by atoms with E-state index in [1.165, 1.54) is 0 Å². The zero-order valence-electron chi connectivity index (χ0n) is 14.5. The van der Waals surface area contributed by atoms with Crippen LogP contribution in [-0.2, 0) is 4.79 Å². The number of benzene rings is 2. The maximum absolute atomic E-state index is 12.4. The molecule has 3 rings (SSSR count). The first-order valence-corrected chi connectivity index (χ1v) is 9.06. The molecular weight excluding hydrogens is 348 g/mol. The molecule has 0 radical (unpaired) electrons. The minimum atomic E-state index is 0.137. The molecule has 0 aliphatic carbocycles. The number of nitrogens with one attached hydrogen (secondary N) is 1. The van der Waals surface area contributed by atoms with Gasteiger partial charge in [-0.15, -0.1) is 0 Å². The van der Waals surface area contributed by atoms with Crippen molar-refractivity contribution >= 4 is 28.9 Å². The fourth-order valence-electron chi connectivity index (χ4n) is 3.08. The highest BCUT2D eigenvalue weighted by Gasteiger charge is 2.21. The molecule has 1 amide bonds. The second-order valence-electron chi connectivity index (χ2n) is 6.18. The molecule has 1 heterocycles. The maximum Gasteiger partial charge on any atom is 0.224 e. The van der Waals surface area contributed by atoms with Gasteiger partial charge in [-0.1, -0.05) is 29.8 Å². The highest BCUT2D eigenvalue weighted by Crippen LogP contribution is 2.21. The lowest BCUT2D eigenvalue weighted by molar-refractivity contribution is -0.131. The molecule has 1 aliphatic heterocycles. The summed E-state index contributed by atoms with van der Waals surface area (Å²) in [6.07, 6.45) is 0.414. The number of hydrogen-bond donors (Lipinski definition) is 1. The minimum absolute atomic E-state index is 0.137. The van der Waals surface area contributed by atoms with Crippen molar-refractivity contribution in [2.45, 2.75) is 6.42 Å². The number of para-hydroxylation sites is 1. The fourth-order valence-corrected chi connectivity index (χ4v) is 3.27. The van der Waals surface area contributed by atoms with Crippen LogP contribution in [0.5, 0.6) is 0 Å². The molecule has 1 saturated heterocycles. The molecule has 1 aliphatic rings. The third-order valence-corrected chi connectivity index (χ3v) is 4.74.